The summed E-state index contributed by atoms with van der Waals surface area (Å²) in [7, 11) is 0. The van der Waals surface area contributed by atoms with Crippen molar-refractivity contribution < 1.29 is 10.5 Å². The molecule has 0 aliphatic rings. The van der Waals surface area contributed by atoms with Crippen molar-refractivity contribution in [3.05, 3.63) is 53.6 Å². The average Bonchev–Trinajstić information content (AvgIpc) is 2.55. The average molecular weight is 298 g/mol. The Balaban J connectivity index is 2.46. The van der Waals surface area contributed by atoms with Gasteiger partial charge >= 0.3 is 0 Å². The van der Waals surface area contributed by atoms with Gasteiger partial charge in [-0.1, -0.05) is 45.9 Å². The lowest BCUT2D eigenvalue weighted by atomic mass is 9.90. The molecule has 0 heterocycles. The molecule has 2 nitrogen and oxygen atoms in total. The van der Waals surface area contributed by atoms with Crippen molar-refractivity contribution in [2.45, 2.75) is 52.4 Å². The van der Waals surface area contributed by atoms with Gasteiger partial charge in [-0.05, 0) is 47.9 Å². The highest BCUT2D eigenvalue weighted by Gasteiger charge is 2.18. The van der Waals surface area contributed by atoms with E-state index in [0.29, 0.717) is 11.8 Å². The SMILES string of the molecule is CCC(C)c1cccc(C(C)CC)c1Oc1ccc([NH3+])cc1. The fourth-order valence-electron chi connectivity index (χ4n) is 2.58. The van der Waals surface area contributed by atoms with E-state index in [1.807, 2.05) is 24.3 Å². The van der Waals surface area contributed by atoms with Gasteiger partial charge in [0.25, 0.3) is 0 Å². The van der Waals surface area contributed by atoms with E-state index in [-0.39, 0.29) is 0 Å². The molecule has 0 saturated heterocycles. The standard InChI is InChI=1S/C20H27NO/c1-5-14(3)18-8-7-9-19(15(4)6-2)20(18)22-17-12-10-16(21)11-13-17/h7-15H,5-6,21H2,1-4H3/p+1. The largest absolute Gasteiger partial charge is 0.457 e. The molecule has 2 unspecified atom stereocenters. The highest BCUT2D eigenvalue weighted by molar-refractivity contribution is 5.48. The van der Waals surface area contributed by atoms with Gasteiger partial charge in [-0.3, -0.25) is 0 Å². The Kier molecular flexibility index (Phi) is 5.62. The summed E-state index contributed by atoms with van der Waals surface area (Å²) in [6.45, 7) is 8.98. The van der Waals surface area contributed by atoms with E-state index in [9.17, 15) is 0 Å². The summed E-state index contributed by atoms with van der Waals surface area (Å²) < 4.78 is 6.31. The molecule has 0 bridgehead atoms. The second kappa shape index (κ2) is 7.46. The zero-order chi connectivity index (χ0) is 16.1. The van der Waals surface area contributed by atoms with Gasteiger partial charge in [0.2, 0.25) is 0 Å². The summed E-state index contributed by atoms with van der Waals surface area (Å²) in [5.41, 5.74) is 7.54. The van der Waals surface area contributed by atoms with Crippen molar-refractivity contribution in [3.63, 3.8) is 0 Å². The molecule has 22 heavy (non-hydrogen) atoms. The smallest absolute Gasteiger partial charge is 0.134 e. The van der Waals surface area contributed by atoms with E-state index in [4.69, 9.17) is 4.74 Å². The summed E-state index contributed by atoms with van der Waals surface area (Å²) >= 11 is 0. The van der Waals surface area contributed by atoms with Crippen LogP contribution in [0.15, 0.2) is 42.5 Å². The molecule has 2 heteroatoms. The van der Waals surface area contributed by atoms with Crippen LogP contribution in [0, 0.1) is 0 Å². The molecule has 2 rings (SSSR count). The maximum absolute atomic E-state index is 6.31. The topological polar surface area (TPSA) is 36.9 Å². The summed E-state index contributed by atoms with van der Waals surface area (Å²) in [6, 6.07) is 14.5. The van der Waals surface area contributed by atoms with Crippen LogP contribution in [-0.4, -0.2) is 0 Å². The molecule has 3 N–H and O–H groups in total. The van der Waals surface area contributed by atoms with E-state index in [1.165, 1.54) is 11.1 Å². The first-order chi connectivity index (χ1) is 10.6. The number of rotatable bonds is 6. The Labute approximate surface area is 134 Å². The van der Waals surface area contributed by atoms with Gasteiger partial charge in [-0.2, -0.15) is 0 Å². The molecule has 0 amide bonds. The van der Waals surface area contributed by atoms with E-state index in [1.54, 1.807) is 0 Å². The Morgan fingerprint density at radius 1 is 0.864 bits per heavy atom. The fourth-order valence-corrected chi connectivity index (χ4v) is 2.58. The van der Waals surface area contributed by atoms with Gasteiger partial charge in [-0.25, -0.2) is 0 Å². The molecule has 0 aliphatic heterocycles. The highest BCUT2D eigenvalue weighted by Crippen LogP contribution is 2.39. The molecule has 118 valence electrons. The van der Waals surface area contributed by atoms with Crippen LogP contribution < -0.4 is 10.5 Å². The minimum absolute atomic E-state index is 0.492. The normalized spacial score (nSPS) is 13.7. The van der Waals surface area contributed by atoms with Crippen molar-refractivity contribution >= 4 is 5.69 Å². The maximum Gasteiger partial charge on any atom is 0.134 e. The number of quaternary nitrogens is 1. The molecule has 0 radical (unpaired) electrons. The van der Waals surface area contributed by atoms with Crippen LogP contribution in [0.3, 0.4) is 0 Å². The van der Waals surface area contributed by atoms with Gasteiger partial charge in [0.1, 0.15) is 17.2 Å². The highest BCUT2D eigenvalue weighted by atomic mass is 16.5. The first kappa shape index (κ1) is 16.6. The van der Waals surface area contributed by atoms with Gasteiger partial charge in [0.15, 0.2) is 0 Å². The second-order valence-corrected chi connectivity index (χ2v) is 6.13. The van der Waals surface area contributed by atoms with Crippen molar-refractivity contribution in [1.29, 1.82) is 0 Å². The molecular formula is C20H28NO+. The van der Waals surface area contributed by atoms with Crippen LogP contribution in [0.1, 0.15) is 63.5 Å². The van der Waals surface area contributed by atoms with Crippen LogP contribution in [0.4, 0.5) is 5.69 Å². The second-order valence-electron chi connectivity index (χ2n) is 6.13. The summed E-state index contributed by atoms with van der Waals surface area (Å²) in [4.78, 5) is 0. The lowest BCUT2D eigenvalue weighted by Crippen LogP contribution is -2.39. The van der Waals surface area contributed by atoms with Gasteiger partial charge in [-0.15, -0.1) is 0 Å². The van der Waals surface area contributed by atoms with Crippen LogP contribution in [0.25, 0.3) is 0 Å². The van der Waals surface area contributed by atoms with E-state index >= 15 is 0 Å². The molecule has 0 fully saturated rings. The third-order valence-corrected chi connectivity index (χ3v) is 4.51. The zero-order valence-electron chi connectivity index (χ0n) is 14.2. The molecule has 0 saturated carbocycles. The Hall–Kier alpha value is -1.80. The number of benzene rings is 2. The summed E-state index contributed by atoms with van der Waals surface area (Å²) in [5.74, 6) is 2.91. The maximum atomic E-state index is 6.31. The predicted molar refractivity (Wildman–Crippen MR) is 92.9 cm³/mol. The third kappa shape index (κ3) is 3.69. The first-order valence-electron chi connectivity index (χ1n) is 8.29. The van der Waals surface area contributed by atoms with Gasteiger partial charge < -0.3 is 10.5 Å². The molecular weight excluding hydrogens is 270 g/mol. The van der Waals surface area contributed by atoms with E-state index in [2.05, 4.69) is 51.6 Å². The van der Waals surface area contributed by atoms with Crippen molar-refractivity contribution in [1.82, 2.24) is 0 Å². The lowest BCUT2D eigenvalue weighted by Gasteiger charge is -2.21. The first-order valence-corrected chi connectivity index (χ1v) is 8.29. The predicted octanol–water partition coefficient (Wildman–Crippen LogP) is 5.38. The van der Waals surface area contributed by atoms with Crippen molar-refractivity contribution in [3.8, 4) is 11.5 Å². The molecule has 2 atom stereocenters. The zero-order valence-corrected chi connectivity index (χ0v) is 14.2. The number of ether oxygens (including phenoxy) is 1. The van der Waals surface area contributed by atoms with E-state index < -0.39 is 0 Å². The van der Waals surface area contributed by atoms with Crippen LogP contribution >= 0.6 is 0 Å². The quantitative estimate of drug-likeness (QED) is 0.763. The van der Waals surface area contributed by atoms with Crippen LogP contribution in [0.2, 0.25) is 0 Å². The molecule has 0 spiro atoms. The van der Waals surface area contributed by atoms with Crippen LogP contribution in [0.5, 0.6) is 11.5 Å². The Bertz CT molecular complexity index is 575. The monoisotopic (exact) mass is 298 g/mol. The fraction of sp³-hybridized carbons (Fsp3) is 0.400. The minimum atomic E-state index is 0.492. The molecule has 0 aliphatic carbocycles. The molecule has 0 aromatic heterocycles. The van der Waals surface area contributed by atoms with Gasteiger partial charge in [0.05, 0.1) is 0 Å². The number of hydrogen-bond donors (Lipinski definition) is 1. The Morgan fingerprint density at radius 3 is 1.82 bits per heavy atom. The Morgan fingerprint density at radius 2 is 1.36 bits per heavy atom. The number of para-hydroxylation sites is 1. The summed E-state index contributed by atoms with van der Waals surface area (Å²) in [6.07, 6.45) is 2.22. The van der Waals surface area contributed by atoms with E-state index in [0.717, 1.165) is 30.0 Å². The minimum Gasteiger partial charge on any atom is -0.457 e. The van der Waals surface area contributed by atoms with Crippen molar-refractivity contribution in [2.24, 2.45) is 0 Å². The summed E-state index contributed by atoms with van der Waals surface area (Å²) in [5, 5.41) is 0. The van der Waals surface area contributed by atoms with Crippen LogP contribution in [-0.2, 0) is 0 Å². The third-order valence-electron chi connectivity index (χ3n) is 4.51. The molecule has 2 aromatic carbocycles. The van der Waals surface area contributed by atoms with Crippen molar-refractivity contribution in [2.75, 3.05) is 0 Å². The van der Waals surface area contributed by atoms with Gasteiger partial charge in [0, 0.05) is 12.1 Å². The molecule has 2 aromatic rings. The lowest BCUT2D eigenvalue weighted by molar-refractivity contribution is -0.254. The number of hydrogen-bond acceptors (Lipinski definition) is 1.